The summed E-state index contributed by atoms with van der Waals surface area (Å²) >= 11 is 0. The summed E-state index contributed by atoms with van der Waals surface area (Å²) in [6.45, 7) is 10.8. The summed E-state index contributed by atoms with van der Waals surface area (Å²) in [6, 6.07) is 6.40. The zero-order valence-corrected chi connectivity index (χ0v) is 17.3. The first-order valence-corrected chi connectivity index (χ1v) is 9.66. The molecule has 8 heteroatoms. The summed E-state index contributed by atoms with van der Waals surface area (Å²) in [6.07, 6.45) is -0.240. The van der Waals surface area contributed by atoms with Gasteiger partial charge in [-0.05, 0) is 38.5 Å². The lowest BCUT2D eigenvalue weighted by Crippen LogP contribution is -2.51. The molecule has 1 aromatic rings. The van der Waals surface area contributed by atoms with E-state index < -0.39 is 5.60 Å². The van der Waals surface area contributed by atoms with Gasteiger partial charge in [0.15, 0.2) is 5.96 Å². The maximum atomic E-state index is 12.9. The summed E-state index contributed by atoms with van der Waals surface area (Å²) in [7, 11) is 1.72. The van der Waals surface area contributed by atoms with Gasteiger partial charge in [0.05, 0.1) is 0 Å². The molecule has 0 bridgehead atoms. The minimum absolute atomic E-state index is 0.238. The fourth-order valence-electron chi connectivity index (χ4n) is 2.82. The first kappa shape index (κ1) is 21.9. The minimum atomic E-state index is -0.463. The zero-order valence-electron chi connectivity index (χ0n) is 17.3. The third-order valence-corrected chi connectivity index (χ3v) is 4.34. The molecular weight excluding hydrogens is 361 g/mol. The quantitative estimate of drug-likeness (QED) is 0.592. The van der Waals surface area contributed by atoms with Crippen LogP contribution in [-0.2, 0) is 11.3 Å². The number of rotatable bonds is 5. The normalized spacial score (nSPS) is 16.0. The number of ether oxygens (including phenoxy) is 1. The Morgan fingerprint density at radius 3 is 2.36 bits per heavy atom. The molecule has 1 heterocycles. The molecule has 1 amide bonds. The maximum absolute atomic E-state index is 12.9. The predicted octanol–water partition coefficient (Wildman–Crippen LogP) is 2.04. The Morgan fingerprint density at radius 1 is 1.14 bits per heavy atom. The first-order valence-electron chi connectivity index (χ1n) is 9.66. The van der Waals surface area contributed by atoms with Gasteiger partial charge in [-0.1, -0.05) is 12.1 Å². The van der Waals surface area contributed by atoms with Crippen molar-refractivity contribution in [2.75, 3.05) is 46.3 Å². The fourth-order valence-corrected chi connectivity index (χ4v) is 2.82. The molecule has 0 aliphatic carbocycles. The van der Waals surface area contributed by atoms with Gasteiger partial charge >= 0.3 is 6.09 Å². The van der Waals surface area contributed by atoms with Crippen molar-refractivity contribution >= 4 is 12.1 Å². The van der Waals surface area contributed by atoms with E-state index in [0.29, 0.717) is 25.6 Å². The molecule has 1 saturated heterocycles. The molecule has 7 nitrogen and oxygen atoms in total. The highest BCUT2D eigenvalue weighted by Gasteiger charge is 2.25. The van der Waals surface area contributed by atoms with Crippen molar-refractivity contribution in [1.29, 1.82) is 0 Å². The topological polar surface area (TPSA) is 69.2 Å². The van der Waals surface area contributed by atoms with Gasteiger partial charge in [0.2, 0.25) is 0 Å². The SMILES string of the molecule is CN=C(NCCN1CCN(C(=O)OC(C)(C)C)CC1)NCc1ccc(F)cc1. The summed E-state index contributed by atoms with van der Waals surface area (Å²) in [5.74, 6) is 0.467. The minimum Gasteiger partial charge on any atom is -0.444 e. The van der Waals surface area contributed by atoms with Gasteiger partial charge in [0, 0.05) is 52.9 Å². The van der Waals surface area contributed by atoms with Gasteiger partial charge in [0.25, 0.3) is 0 Å². The summed E-state index contributed by atoms with van der Waals surface area (Å²) in [5.41, 5.74) is 0.525. The largest absolute Gasteiger partial charge is 0.444 e. The van der Waals surface area contributed by atoms with Crippen LogP contribution in [0.1, 0.15) is 26.3 Å². The average Bonchev–Trinajstić information content (AvgIpc) is 2.65. The second kappa shape index (κ2) is 10.3. The van der Waals surface area contributed by atoms with Crippen molar-refractivity contribution in [3.63, 3.8) is 0 Å². The van der Waals surface area contributed by atoms with Crippen molar-refractivity contribution in [3.05, 3.63) is 35.6 Å². The van der Waals surface area contributed by atoms with Crippen LogP contribution in [0.5, 0.6) is 0 Å². The molecule has 28 heavy (non-hydrogen) atoms. The first-order chi connectivity index (χ1) is 13.3. The molecule has 1 aliphatic heterocycles. The summed E-state index contributed by atoms with van der Waals surface area (Å²) in [5, 5.41) is 6.50. The Labute approximate surface area is 166 Å². The van der Waals surface area contributed by atoms with Crippen LogP contribution in [0, 0.1) is 5.82 Å². The Morgan fingerprint density at radius 2 is 1.79 bits per heavy atom. The van der Waals surface area contributed by atoms with Crippen LogP contribution in [0.2, 0.25) is 0 Å². The third kappa shape index (κ3) is 7.72. The van der Waals surface area contributed by atoms with E-state index in [1.54, 1.807) is 24.1 Å². The van der Waals surface area contributed by atoms with E-state index in [2.05, 4.69) is 20.5 Å². The molecule has 2 N–H and O–H groups in total. The van der Waals surface area contributed by atoms with Crippen LogP contribution in [-0.4, -0.2) is 73.8 Å². The van der Waals surface area contributed by atoms with E-state index in [9.17, 15) is 9.18 Å². The van der Waals surface area contributed by atoms with Crippen molar-refractivity contribution in [1.82, 2.24) is 20.4 Å². The number of guanidine groups is 1. The number of benzene rings is 1. The molecule has 156 valence electrons. The van der Waals surface area contributed by atoms with E-state index in [1.165, 1.54) is 12.1 Å². The monoisotopic (exact) mass is 393 g/mol. The van der Waals surface area contributed by atoms with Crippen LogP contribution in [0.3, 0.4) is 0 Å². The van der Waals surface area contributed by atoms with Crippen molar-refractivity contribution in [2.24, 2.45) is 4.99 Å². The van der Waals surface area contributed by atoms with Crippen molar-refractivity contribution in [2.45, 2.75) is 32.9 Å². The highest BCUT2D eigenvalue weighted by Crippen LogP contribution is 2.11. The molecule has 1 aliphatic rings. The number of hydrogen-bond donors (Lipinski definition) is 2. The van der Waals surface area contributed by atoms with Crippen LogP contribution in [0.15, 0.2) is 29.3 Å². The van der Waals surface area contributed by atoms with Gasteiger partial charge in [-0.3, -0.25) is 9.89 Å². The molecule has 0 spiro atoms. The van der Waals surface area contributed by atoms with Gasteiger partial charge < -0.3 is 20.3 Å². The van der Waals surface area contributed by atoms with Gasteiger partial charge in [0.1, 0.15) is 11.4 Å². The molecule has 0 saturated carbocycles. The second-order valence-corrected chi connectivity index (χ2v) is 7.79. The van der Waals surface area contributed by atoms with Crippen LogP contribution in [0.4, 0.5) is 9.18 Å². The Bertz CT molecular complexity index is 650. The fraction of sp³-hybridized carbons (Fsp3) is 0.600. The number of carbonyl (C=O) groups excluding carboxylic acids is 1. The lowest BCUT2D eigenvalue weighted by atomic mass is 10.2. The Hall–Kier alpha value is -2.35. The number of carbonyl (C=O) groups is 1. The number of hydrogen-bond acceptors (Lipinski definition) is 4. The lowest BCUT2D eigenvalue weighted by Gasteiger charge is -2.35. The van der Waals surface area contributed by atoms with Crippen LogP contribution < -0.4 is 10.6 Å². The van der Waals surface area contributed by atoms with E-state index in [0.717, 1.165) is 31.7 Å². The smallest absolute Gasteiger partial charge is 0.410 e. The van der Waals surface area contributed by atoms with Crippen molar-refractivity contribution < 1.29 is 13.9 Å². The number of nitrogens with one attached hydrogen (secondary N) is 2. The molecule has 0 radical (unpaired) electrons. The maximum Gasteiger partial charge on any atom is 0.410 e. The van der Waals surface area contributed by atoms with Crippen LogP contribution in [0.25, 0.3) is 0 Å². The number of halogens is 1. The highest BCUT2D eigenvalue weighted by molar-refractivity contribution is 5.79. The third-order valence-electron chi connectivity index (χ3n) is 4.34. The lowest BCUT2D eigenvalue weighted by molar-refractivity contribution is 0.0147. The summed E-state index contributed by atoms with van der Waals surface area (Å²) in [4.78, 5) is 20.4. The number of nitrogens with zero attached hydrogens (tertiary/aromatic N) is 3. The van der Waals surface area contributed by atoms with Gasteiger partial charge in [-0.2, -0.15) is 0 Å². The summed E-state index contributed by atoms with van der Waals surface area (Å²) < 4.78 is 18.4. The number of amides is 1. The number of piperazine rings is 1. The molecule has 0 atom stereocenters. The Balaban J connectivity index is 1.64. The standard InChI is InChI=1S/C20H32FN5O2/c1-20(2,3)28-19(27)26-13-11-25(12-14-26)10-9-23-18(22-4)24-15-16-5-7-17(21)8-6-16/h5-8H,9-15H2,1-4H3,(H2,22,23,24). The molecule has 1 fully saturated rings. The van der Waals surface area contributed by atoms with E-state index in [4.69, 9.17) is 4.74 Å². The highest BCUT2D eigenvalue weighted by atomic mass is 19.1. The average molecular weight is 394 g/mol. The molecule has 0 unspecified atom stereocenters. The molecule has 0 aromatic heterocycles. The molecule has 1 aromatic carbocycles. The predicted molar refractivity (Wildman–Crippen MR) is 109 cm³/mol. The van der Waals surface area contributed by atoms with E-state index in [1.807, 2.05) is 20.8 Å². The van der Waals surface area contributed by atoms with Gasteiger partial charge in [-0.15, -0.1) is 0 Å². The van der Waals surface area contributed by atoms with E-state index in [-0.39, 0.29) is 11.9 Å². The Kier molecular flexibility index (Phi) is 8.04. The second-order valence-electron chi connectivity index (χ2n) is 7.79. The van der Waals surface area contributed by atoms with E-state index >= 15 is 0 Å². The molecular formula is C20H32FN5O2. The zero-order chi connectivity index (χ0) is 20.6. The van der Waals surface area contributed by atoms with Crippen LogP contribution >= 0.6 is 0 Å². The number of aliphatic imine (C=N–C) groups is 1. The van der Waals surface area contributed by atoms with Gasteiger partial charge in [-0.25, -0.2) is 9.18 Å². The van der Waals surface area contributed by atoms with Crippen molar-refractivity contribution in [3.8, 4) is 0 Å². The molecule has 2 rings (SSSR count).